The third-order valence-corrected chi connectivity index (χ3v) is 4.56. The molecule has 8 nitrogen and oxygen atoms in total. The molecule has 0 saturated carbocycles. The SMILES string of the molecule is COc1cccc(C(=O)Oc2ccccc2C=NNC(=O)C(=O)Nc2cc(Cl)cc(Cl)c2)c1. The highest BCUT2D eigenvalue weighted by Crippen LogP contribution is 2.22. The number of carbonyl (C=O) groups is 3. The van der Waals surface area contributed by atoms with Crippen LogP contribution in [0.25, 0.3) is 0 Å². The summed E-state index contributed by atoms with van der Waals surface area (Å²) in [6.45, 7) is 0. The lowest BCUT2D eigenvalue weighted by Gasteiger charge is -2.08. The molecular formula is C23H17Cl2N3O5. The number of nitrogens with one attached hydrogen (secondary N) is 2. The number of anilines is 1. The van der Waals surface area contributed by atoms with Crippen molar-refractivity contribution < 1.29 is 23.9 Å². The van der Waals surface area contributed by atoms with Gasteiger partial charge < -0.3 is 14.8 Å². The predicted octanol–water partition coefficient (Wildman–Crippen LogP) is 4.31. The summed E-state index contributed by atoms with van der Waals surface area (Å²) in [5.41, 5.74) is 3.06. The Balaban J connectivity index is 1.63. The zero-order valence-corrected chi connectivity index (χ0v) is 18.7. The highest BCUT2D eigenvalue weighted by atomic mass is 35.5. The maximum atomic E-state index is 12.5. The zero-order chi connectivity index (χ0) is 23.8. The number of halogens is 2. The fourth-order valence-electron chi connectivity index (χ4n) is 2.61. The molecule has 168 valence electrons. The first-order chi connectivity index (χ1) is 15.9. The molecule has 0 unspecified atom stereocenters. The van der Waals surface area contributed by atoms with E-state index in [1.54, 1.807) is 48.5 Å². The Bertz CT molecular complexity index is 1210. The van der Waals surface area contributed by atoms with Crippen molar-refractivity contribution in [3.8, 4) is 11.5 Å². The number of esters is 1. The maximum Gasteiger partial charge on any atom is 0.343 e. The molecule has 0 heterocycles. The van der Waals surface area contributed by atoms with Crippen molar-refractivity contribution in [2.45, 2.75) is 0 Å². The van der Waals surface area contributed by atoms with E-state index in [2.05, 4.69) is 15.8 Å². The van der Waals surface area contributed by atoms with Crippen LogP contribution in [0.3, 0.4) is 0 Å². The maximum absolute atomic E-state index is 12.5. The molecule has 0 fully saturated rings. The van der Waals surface area contributed by atoms with Crippen LogP contribution in [0.2, 0.25) is 10.0 Å². The first-order valence-corrected chi connectivity index (χ1v) is 10.2. The molecule has 3 aromatic carbocycles. The molecule has 0 saturated heterocycles. The molecular weight excluding hydrogens is 469 g/mol. The minimum atomic E-state index is -1.02. The van der Waals surface area contributed by atoms with E-state index >= 15 is 0 Å². The van der Waals surface area contributed by atoms with Crippen LogP contribution in [0.5, 0.6) is 11.5 Å². The predicted molar refractivity (Wildman–Crippen MR) is 125 cm³/mol. The largest absolute Gasteiger partial charge is 0.497 e. The number of hydrogen-bond acceptors (Lipinski definition) is 6. The van der Waals surface area contributed by atoms with Crippen LogP contribution < -0.4 is 20.2 Å². The summed E-state index contributed by atoms with van der Waals surface area (Å²) in [6.07, 6.45) is 1.25. The molecule has 0 atom stereocenters. The number of benzene rings is 3. The third kappa shape index (κ3) is 6.80. The van der Waals surface area contributed by atoms with Crippen molar-refractivity contribution in [3.63, 3.8) is 0 Å². The van der Waals surface area contributed by atoms with Crippen molar-refractivity contribution in [2.75, 3.05) is 12.4 Å². The number of hydrazone groups is 1. The Hall–Kier alpha value is -3.88. The second-order valence-corrected chi connectivity index (χ2v) is 7.34. The molecule has 2 amide bonds. The Morgan fingerprint density at radius 2 is 1.64 bits per heavy atom. The van der Waals surface area contributed by atoms with Crippen LogP contribution in [0, 0.1) is 0 Å². The van der Waals surface area contributed by atoms with Gasteiger partial charge in [-0.05, 0) is 48.5 Å². The third-order valence-electron chi connectivity index (χ3n) is 4.12. The molecule has 3 aromatic rings. The number of carbonyl (C=O) groups excluding carboxylic acids is 3. The van der Waals surface area contributed by atoms with Gasteiger partial charge in [0.2, 0.25) is 0 Å². The molecule has 2 N–H and O–H groups in total. The monoisotopic (exact) mass is 485 g/mol. The van der Waals surface area contributed by atoms with Gasteiger partial charge in [0, 0.05) is 21.3 Å². The second kappa shape index (κ2) is 11.1. The van der Waals surface area contributed by atoms with E-state index in [0.717, 1.165) is 0 Å². The smallest absolute Gasteiger partial charge is 0.343 e. The summed E-state index contributed by atoms with van der Waals surface area (Å²) in [5.74, 6) is -1.86. The van der Waals surface area contributed by atoms with Crippen molar-refractivity contribution in [2.24, 2.45) is 5.10 Å². The Labute approximate surface area is 199 Å². The molecule has 0 aliphatic carbocycles. The average Bonchev–Trinajstić information content (AvgIpc) is 2.79. The fourth-order valence-corrected chi connectivity index (χ4v) is 3.14. The fraction of sp³-hybridized carbons (Fsp3) is 0.0435. The van der Waals surface area contributed by atoms with Crippen LogP contribution in [-0.2, 0) is 9.59 Å². The minimum absolute atomic E-state index is 0.210. The van der Waals surface area contributed by atoms with Gasteiger partial charge in [-0.3, -0.25) is 9.59 Å². The lowest BCUT2D eigenvalue weighted by Crippen LogP contribution is -2.32. The van der Waals surface area contributed by atoms with Crippen LogP contribution in [0.4, 0.5) is 5.69 Å². The first kappa shape index (κ1) is 23.8. The Kier molecular flexibility index (Phi) is 8.01. The van der Waals surface area contributed by atoms with E-state index < -0.39 is 17.8 Å². The molecule has 0 aromatic heterocycles. The summed E-state index contributed by atoms with van der Waals surface area (Å²) in [6, 6.07) is 17.4. The molecule has 0 radical (unpaired) electrons. The second-order valence-electron chi connectivity index (χ2n) is 6.47. The van der Waals surface area contributed by atoms with Crippen molar-refractivity contribution in [1.29, 1.82) is 0 Å². The summed E-state index contributed by atoms with van der Waals surface area (Å²) >= 11 is 11.7. The van der Waals surface area contributed by atoms with E-state index in [0.29, 0.717) is 26.9 Å². The van der Waals surface area contributed by atoms with Crippen LogP contribution in [0.1, 0.15) is 15.9 Å². The van der Waals surface area contributed by atoms with Gasteiger partial charge in [-0.1, -0.05) is 41.4 Å². The summed E-state index contributed by atoms with van der Waals surface area (Å²) in [5, 5.41) is 6.73. The van der Waals surface area contributed by atoms with Crippen LogP contribution in [0.15, 0.2) is 71.8 Å². The van der Waals surface area contributed by atoms with Crippen LogP contribution >= 0.6 is 23.2 Å². The van der Waals surface area contributed by atoms with Gasteiger partial charge in [0.25, 0.3) is 0 Å². The van der Waals surface area contributed by atoms with Gasteiger partial charge in [0.1, 0.15) is 11.5 Å². The van der Waals surface area contributed by atoms with Crippen molar-refractivity contribution >= 4 is 52.9 Å². The topological polar surface area (TPSA) is 106 Å². The normalized spacial score (nSPS) is 10.5. The first-order valence-electron chi connectivity index (χ1n) is 9.41. The number of nitrogens with zero attached hydrogens (tertiary/aromatic N) is 1. The number of rotatable bonds is 6. The molecule has 0 aliphatic heterocycles. The van der Waals surface area contributed by atoms with E-state index in [4.69, 9.17) is 32.7 Å². The van der Waals surface area contributed by atoms with Gasteiger partial charge >= 0.3 is 17.8 Å². The Morgan fingerprint density at radius 1 is 0.909 bits per heavy atom. The average molecular weight is 486 g/mol. The van der Waals surface area contributed by atoms with Crippen molar-refractivity contribution in [1.82, 2.24) is 5.43 Å². The number of amides is 2. The highest BCUT2D eigenvalue weighted by molar-refractivity contribution is 6.40. The van der Waals surface area contributed by atoms with E-state index in [1.165, 1.54) is 31.5 Å². The molecule has 0 bridgehead atoms. The molecule has 0 spiro atoms. The van der Waals surface area contributed by atoms with Gasteiger partial charge in [-0.25, -0.2) is 10.2 Å². The van der Waals surface area contributed by atoms with Gasteiger partial charge in [-0.2, -0.15) is 5.10 Å². The van der Waals surface area contributed by atoms with E-state index in [1.807, 2.05) is 0 Å². The summed E-state index contributed by atoms with van der Waals surface area (Å²) in [7, 11) is 1.49. The van der Waals surface area contributed by atoms with Gasteiger partial charge in [-0.15, -0.1) is 0 Å². The highest BCUT2D eigenvalue weighted by Gasteiger charge is 2.14. The zero-order valence-electron chi connectivity index (χ0n) is 17.2. The standard InChI is InChI=1S/C23H17Cl2N3O5/c1-32-19-7-4-6-14(9-19)23(31)33-20-8-3-2-5-15(20)13-26-28-22(30)21(29)27-18-11-16(24)10-17(25)12-18/h2-13H,1H3,(H,27,29)(H,28,30). The quantitative estimate of drug-likeness (QED) is 0.178. The molecule has 3 rings (SSSR count). The van der Waals surface area contributed by atoms with Crippen molar-refractivity contribution in [3.05, 3.63) is 87.9 Å². The van der Waals surface area contributed by atoms with Gasteiger partial charge in [0.15, 0.2) is 0 Å². The summed E-state index contributed by atoms with van der Waals surface area (Å²) in [4.78, 5) is 36.5. The number of hydrogen-bond donors (Lipinski definition) is 2. The lowest BCUT2D eigenvalue weighted by atomic mass is 10.2. The molecule has 10 heteroatoms. The molecule has 0 aliphatic rings. The lowest BCUT2D eigenvalue weighted by molar-refractivity contribution is -0.136. The van der Waals surface area contributed by atoms with Crippen LogP contribution in [-0.4, -0.2) is 31.1 Å². The Morgan fingerprint density at radius 3 is 2.36 bits per heavy atom. The number of para-hydroxylation sites is 1. The minimum Gasteiger partial charge on any atom is -0.497 e. The van der Waals surface area contributed by atoms with Gasteiger partial charge in [0.05, 0.1) is 18.9 Å². The summed E-state index contributed by atoms with van der Waals surface area (Å²) < 4.78 is 10.5. The molecule has 33 heavy (non-hydrogen) atoms. The number of ether oxygens (including phenoxy) is 2. The van der Waals surface area contributed by atoms with E-state index in [-0.39, 0.29) is 11.4 Å². The van der Waals surface area contributed by atoms with E-state index in [9.17, 15) is 14.4 Å². The number of methoxy groups -OCH3 is 1.